The van der Waals surface area contributed by atoms with Gasteiger partial charge in [0.1, 0.15) is 16.8 Å². The van der Waals surface area contributed by atoms with Crippen molar-refractivity contribution in [1.82, 2.24) is 14.8 Å². The molecule has 1 aliphatic carbocycles. The highest BCUT2D eigenvalue weighted by atomic mass is 32.2. The summed E-state index contributed by atoms with van der Waals surface area (Å²) in [4.78, 5) is 14.0. The Labute approximate surface area is 214 Å². The van der Waals surface area contributed by atoms with Gasteiger partial charge in [0.05, 0.1) is 11.3 Å². The first-order valence-corrected chi connectivity index (χ1v) is 13.5. The lowest BCUT2D eigenvalue weighted by Crippen LogP contribution is -2.15. The van der Waals surface area contributed by atoms with E-state index >= 15 is 0 Å². The van der Waals surface area contributed by atoms with Crippen LogP contribution in [0.5, 0.6) is 5.75 Å². The van der Waals surface area contributed by atoms with Crippen molar-refractivity contribution in [2.75, 3.05) is 11.1 Å². The molecule has 35 heavy (non-hydrogen) atoms. The fourth-order valence-electron chi connectivity index (χ4n) is 4.12. The minimum absolute atomic E-state index is 0.162. The predicted molar refractivity (Wildman–Crippen MR) is 140 cm³/mol. The van der Waals surface area contributed by atoms with Crippen LogP contribution >= 0.6 is 23.1 Å². The predicted octanol–water partition coefficient (Wildman–Crippen LogP) is 5.76. The van der Waals surface area contributed by atoms with Gasteiger partial charge >= 0.3 is 0 Å². The Bertz CT molecular complexity index is 1290. The number of nitrogens with one attached hydrogen (secondary N) is 1. The number of carbonyl (C=O) groups is 1. The molecule has 0 saturated heterocycles. The molecule has 3 aromatic rings. The summed E-state index contributed by atoms with van der Waals surface area (Å²) >= 11 is 2.84. The van der Waals surface area contributed by atoms with Crippen LogP contribution in [0.2, 0.25) is 0 Å². The number of fused-ring (bicyclic) bond motifs is 1. The fourth-order valence-corrected chi connectivity index (χ4v) is 6.13. The molecule has 1 N–H and O–H groups in total. The molecule has 1 unspecified atom stereocenters. The van der Waals surface area contributed by atoms with Crippen molar-refractivity contribution in [2.24, 2.45) is 0 Å². The number of hydrogen-bond donors (Lipinski definition) is 1. The molecule has 0 bridgehead atoms. The van der Waals surface area contributed by atoms with Crippen molar-refractivity contribution in [2.45, 2.75) is 64.3 Å². The number of aryl methyl sites for hydroxylation is 3. The first-order valence-electron chi connectivity index (χ1n) is 11.7. The molecule has 182 valence electrons. The van der Waals surface area contributed by atoms with Crippen LogP contribution in [0.1, 0.15) is 58.8 Å². The highest BCUT2D eigenvalue weighted by molar-refractivity contribution is 7.99. The van der Waals surface area contributed by atoms with E-state index in [9.17, 15) is 10.1 Å². The van der Waals surface area contributed by atoms with Crippen molar-refractivity contribution in [3.8, 4) is 11.8 Å². The number of anilines is 1. The van der Waals surface area contributed by atoms with Gasteiger partial charge in [0.2, 0.25) is 5.91 Å². The van der Waals surface area contributed by atoms with Crippen LogP contribution < -0.4 is 10.1 Å². The third kappa shape index (κ3) is 5.60. The molecule has 0 saturated carbocycles. The smallest absolute Gasteiger partial charge is 0.235 e. The molecule has 1 atom stereocenters. The molecule has 0 radical (unpaired) electrons. The fraction of sp³-hybridized carbons (Fsp3) is 0.385. The lowest BCUT2D eigenvalue weighted by atomic mass is 9.96. The van der Waals surface area contributed by atoms with Gasteiger partial charge in [-0.15, -0.1) is 28.1 Å². The Hall–Kier alpha value is -3.09. The van der Waals surface area contributed by atoms with Crippen LogP contribution in [-0.2, 0) is 24.2 Å². The number of carbonyl (C=O) groups excluding carboxylic acids is 1. The van der Waals surface area contributed by atoms with Crippen molar-refractivity contribution in [3.63, 3.8) is 0 Å². The lowest BCUT2D eigenvalue weighted by molar-refractivity contribution is -0.113. The first kappa shape index (κ1) is 25.0. The molecule has 4 rings (SSSR count). The standard InChI is InChI=1S/C26H29N5O2S2/c1-5-12-31-24(18(4)33-19-11-10-16(2)17(3)13-19)29-30-26(31)34-15-23(32)28-25-21(14-27)20-8-6-7-9-22(20)35-25/h5,10-11,13,18H,1,6-9,12,15H2,2-4H3,(H,28,32). The maximum atomic E-state index is 12.7. The molecule has 0 fully saturated rings. The normalized spacial score (nSPS) is 13.5. The van der Waals surface area contributed by atoms with Gasteiger partial charge in [0.25, 0.3) is 0 Å². The SMILES string of the molecule is C=CCn1c(SCC(=O)Nc2sc3c(c2C#N)CCCC3)nnc1C(C)Oc1ccc(C)c(C)c1. The van der Waals surface area contributed by atoms with Crippen LogP contribution in [-0.4, -0.2) is 26.4 Å². The van der Waals surface area contributed by atoms with Gasteiger partial charge in [-0.25, -0.2) is 0 Å². The monoisotopic (exact) mass is 507 g/mol. The van der Waals surface area contributed by atoms with Gasteiger partial charge in [-0.3, -0.25) is 9.36 Å². The van der Waals surface area contributed by atoms with E-state index < -0.39 is 0 Å². The number of hydrogen-bond acceptors (Lipinski definition) is 7. The van der Waals surface area contributed by atoms with E-state index in [1.165, 1.54) is 33.5 Å². The second-order valence-electron chi connectivity index (χ2n) is 8.61. The van der Waals surface area contributed by atoms with E-state index in [-0.39, 0.29) is 17.8 Å². The quantitative estimate of drug-likeness (QED) is 0.292. The van der Waals surface area contributed by atoms with Gasteiger partial charge < -0.3 is 10.1 Å². The zero-order valence-electron chi connectivity index (χ0n) is 20.3. The molecule has 1 aliphatic rings. The summed E-state index contributed by atoms with van der Waals surface area (Å²) in [7, 11) is 0. The number of nitriles is 1. The number of amides is 1. The Morgan fingerprint density at radius 1 is 1.34 bits per heavy atom. The molecule has 1 aromatic carbocycles. The van der Waals surface area contributed by atoms with Gasteiger partial charge in [-0.05, 0) is 75.3 Å². The summed E-state index contributed by atoms with van der Waals surface area (Å²) in [5.41, 5.74) is 4.11. The van der Waals surface area contributed by atoms with Crippen molar-refractivity contribution in [1.29, 1.82) is 5.26 Å². The Morgan fingerprint density at radius 2 is 2.14 bits per heavy atom. The van der Waals surface area contributed by atoms with Crippen LogP contribution in [0.15, 0.2) is 36.0 Å². The number of rotatable bonds is 9. The number of allylic oxidation sites excluding steroid dienone is 1. The number of thioether (sulfide) groups is 1. The van der Waals surface area contributed by atoms with Crippen molar-refractivity contribution >= 4 is 34.0 Å². The summed E-state index contributed by atoms with van der Waals surface area (Å²) in [6.07, 6.45) is 5.56. The third-order valence-electron chi connectivity index (χ3n) is 6.08. The zero-order valence-corrected chi connectivity index (χ0v) is 21.9. The van der Waals surface area contributed by atoms with Crippen LogP contribution in [0.4, 0.5) is 5.00 Å². The molecule has 2 aromatic heterocycles. The topological polar surface area (TPSA) is 92.8 Å². The van der Waals surface area contributed by atoms with Crippen molar-refractivity contribution < 1.29 is 9.53 Å². The highest BCUT2D eigenvalue weighted by Crippen LogP contribution is 2.37. The largest absolute Gasteiger partial charge is 0.483 e. The zero-order chi connectivity index (χ0) is 24.9. The first-order chi connectivity index (χ1) is 16.9. The number of thiophene rings is 1. The maximum absolute atomic E-state index is 12.7. The molecule has 1 amide bonds. The summed E-state index contributed by atoms with van der Waals surface area (Å²) in [5.74, 6) is 1.44. The van der Waals surface area contributed by atoms with Gasteiger partial charge in [0, 0.05) is 11.4 Å². The summed E-state index contributed by atoms with van der Waals surface area (Å²) in [6.45, 7) is 10.4. The van der Waals surface area contributed by atoms with E-state index in [0.717, 1.165) is 42.6 Å². The number of aromatic nitrogens is 3. The second-order valence-corrected chi connectivity index (χ2v) is 10.7. The van der Waals surface area contributed by atoms with Gasteiger partial charge in [0.15, 0.2) is 17.1 Å². The third-order valence-corrected chi connectivity index (χ3v) is 8.25. The summed E-state index contributed by atoms with van der Waals surface area (Å²) in [6, 6.07) is 8.28. The molecule has 0 spiro atoms. The molecular weight excluding hydrogens is 478 g/mol. The van der Waals surface area contributed by atoms with Crippen LogP contribution in [0.25, 0.3) is 0 Å². The molecule has 0 aliphatic heterocycles. The van der Waals surface area contributed by atoms with Gasteiger partial charge in [-0.2, -0.15) is 5.26 Å². The number of ether oxygens (including phenoxy) is 1. The van der Waals surface area contributed by atoms with E-state index in [2.05, 4.69) is 42.0 Å². The highest BCUT2D eigenvalue weighted by Gasteiger charge is 2.23. The van der Waals surface area contributed by atoms with Gasteiger partial charge in [-0.1, -0.05) is 23.9 Å². The average molecular weight is 508 g/mol. The minimum Gasteiger partial charge on any atom is -0.483 e. The number of benzene rings is 1. The summed E-state index contributed by atoms with van der Waals surface area (Å²) < 4.78 is 8.05. The van der Waals surface area contributed by atoms with E-state index in [4.69, 9.17) is 4.74 Å². The Kier molecular flexibility index (Phi) is 7.93. The average Bonchev–Trinajstić information content (AvgIpc) is 3.40. The molecule has 9 heteroatoms. The lowest BCUT2D eigenvalue weighted by Gasteiger charge is -2.16. The maximum Gasteiger partial charge on any atom is 0.235 e. The van der Waals surface area contributed by atoms with E-state index in [0.29, 0.717) is 28.1 Å². The Balaban J connectivity index is 1.43. The summed E-state index contributed by atoms with van der Waals surface area (Å²) in [5, 5.41) is 22.5. The minimum atomic E-state index is -0.330. The van der Waals surface area contributed by atoms with Crippen LogP contribution in [0, 0.1) is 25.2 Å². The molecular formula is C26H29N5O2S2. The molecule has 2 heterocycles. The van der Waals surface area contributed by atoms with Crippen molar-refractivity contribution in [3.05, 3.63) is 63.8 Å². The number of nitrogens with zero attached hydrogens (tertiary/aromatic N) is 4. The van der Waals surface area contributed by atoms with E-state index in [1.807, 2.05) is 29.7 Å². The van der Waals surface area contributed by atoms with E-state index in [1.54, 1.807) is 6.08 Å². The Morgan fingerprint density at radius 3 is 2.89 bits per heavy atom. The second kappa shape index (κ2) is 11.1. The molecule has 7 nitrogen and oxygen atoms in total. The van der Waals surface area contributed by atoms with Crippen LogP contribution in [0.3, 0.4) is 0 Å².